The average Bonchev–Trinajstić information content (AvgIpc) is 2.92. The van der Waals surface area contributed by atoms with Gasteiger partial charge in [0.2, 0.25) is 0 Å². The van der Waals surface area contributed by atoms with E-state index in [1.807, 2.05) is 0 Å². The van der Waals surface area contributed by atoms with Gasteiger partial charge in [0.25, 0.3) is 0 Å². The fourth-order valence-electron chi connectivity index (χ4n) is 4.34. The molecule has 0 radical (unpaired) electrons. The van der Waals surface area contributed by atoms with E-state index in [-0.39, 0.29) is 0 Å². The lowest BCUT2D eigenvalue weighted by Crippen LogP contribution is -2.33. The van der Waals surface area contributed by atoms with Crippen LogP contribution in [0.4, 0.5) is 0 Å². The third-order valence-electron chi connectivity index (χ3n) is 5.91. The summed E-state index contributed by atoms with van der Waals surface area (Å²) in [6.07, 6.45) is 3.60. The van der Waals surface area contributed by atoms with Crippen LogP contribution in [0.1, 0.15) is 34.4 Å². The van der Waals surface area contributed by atoms with Crippen LogP contribution in [0.2, 0.25) is 0 Å². The number of fused-ring (bicyclic) bond motifs is 3. The standard InChI is InChI=1S/C23H28N2/c1-16-9-10-17(2)18(13-16)15-25-22-8-6-5-7-20(22)21-14-19(24(3)4)11-12-23(21)25/h5-10,13,19H,11-12,14-15H2,1-4H3. The molecular formula is C23H28N2. The minimum Gasteiger partial charge on any atom is -0.340 e. The van der Waals surface area contributed by atoms with Crippen molar-refractivity contribution in [1.82, 2.24) is 9.47 Å². The van der Waals surface area contributed by atoms with Gasteiger partial charge in [0.1, 0.15) is 0 Å². The number of benzene rings is 2. The summed E-state index contributed by atoms with van der Waals surface area (Å²) in [5, 5.41) is 1.45. The van der Waals surface area contributed by atoms with E-state index in [1.54, 1.807) is 11.3 Å². The molecule has 2 heteroatoms. The summed E-state index contributed by atoms with van der Waals surface area (Å²) in [7, 11) is 4.43. The second kappa shape index (κ2) is 6.34. The zero-order valence-corrected chi connectivity index (χ0v) is 15.8. The quantitative estimate of drug-likeness (QED) is 0.673. The van der Waals surface area contributed by atoms with Crippen LogP contribution in [0.25, 0.3) is 10.9 Å². The number of hydrogen-bond donors (Lipinski definition) is 0. The predicted octanol–water partition coefficient (Wildman–Crippen LogP) is 4.73. The highest BCUT2D eigenvalue weighted by molar-refractivity contribution is 5.86. The number of para-hydroxylation sites is 1. The van der Waals surface area contributed by atoms with E-state index in [1.165, 1.54) is 46.9 Å². The summed E-state index contributed by atoms with van der Waals surface area (Å²) in [6.45, 7) is 5.40. The molecule has 25 heavy (non-hydrogen) atoms. The first kappa shape index (κ1) is 16.4. The Balaban J connectivity index is 1.83. The molecule has 2 nitrogen and oxygen atoms in total. The van der Waals surface area contributed by atoms with Crippen LogP contribution < -0.4 is 0 Å². The Bertz CT molecular complexity index is 917. The van der Waals surface area contributed by atoms with Crippen molar-refractivity contribution in [3.63, 3.8) is 0 Å². The Labute approximate surface area is 151 Å². The lowest BCUT2D eigenvalue weighted by atomic mass is 9.91. The van der Waals surface area contributed by atoms with Crippen molar-refractivity contribution in [2.75, 3.05) is 14.1 Å². The van der Waals surface area contributed by atoms with E-state index in [9.17, 15) is 0 Å². The Hall–Kier alpha value is -2.06. The van der Waals surface area contributed by atoms with Crippen molar-refractivity contribution < 1.29 is 0 Å². The van der Waals surface area contributed by atoms with Gasteiger partial charge >= 0.3 is 0 Å². The van der Waals surface area contributed by atoms with Gasteiger partial charge in [-0.3, -0.25) is 0 Å². The summed E-state index contributed by atoms with van der Waals surface area (Å²) >= 11 is 0. The van der Waals surface area contributed by atoms with Crippen LogP contribution in [0, 0.1) is 13.8 Å². The normalized spacial score (nSPS) is 17.2. The van der Waals surface area contributed by atoms with Crippen LogP contribution in [0.3, 0.4) is 0 Å². The number of rotatable bonds is 3. The minimum atomic E-state index is 0.660. The van der Waals surface area contributed by atoms with Crippen molar-refractivity contribution >= 4 is 10.9 Å². The Morgan fingerprint density at radius 1 is 1.08 bits per heavy atom. The van der Waals surface area contributed by atoms with E-state index in [2.05, 4.69) is 79.9 Å². The van der Waals surface area contributed by atoms with Gasteiger partial charge in [0, 0.05) is 29.2 Å². The van der Waals surface area contributed by atoms with Crippen LogP contribution in [-0.4, -0.2) is 29.6 Å². The number of nitrogens with zero attached hydrogens (tertiary/aromatic N) is 2. The molecule has 4 rings (SSSR count). The molecule has 1 aromatic heterocycles. The summed E-state index contributed by atoms with van der Waals surface area (Å²) < 4.78 is 2.58. The van der Waals surface area contributed by atoms with Gasteiger partial charge in [0.15, 0.2) is 0 Å². The lowest BCUT2D eigenvalue weighted by molar-refractivity contribution is 0.266. The molecule has 0 aliphatic heterocycles. The number of hydrogen-bond acceptors (Lipinski definition) is 1. The van der Waals surface area contributed by atoms with Gasteiger partial charge < -0.3 is 9.47 Å². The van der Waals surface area contributed by atoms with Gasteiger partial charge in [-0.15, -0.1) is 0 Å². The molecule has 0 fully saturated rings. The van der Waals surface area contributed by atoms with Gasteiger partial charge in [-0.05, 0) is 70.0 Å². The Morgan fingerprint density at radius 2 is 1.88 bits per heavy atom. The average molecular weight is 332 g/mol. The number of aromatic nitrogens is 1. The maximum absolute atomic E-state index is 2.58. The molecule has 1 aliphatic carbocycles. The lowest BCUT2D eigenvalue weighted by Gasteiger charge is -2.29. The van der Waals surface area contributed by atoms with Crippen LogP contribution in [0.5, 0.6) is 0 Å². The molecule has 1 heterocycles. The minimum absolute atomic E-state index is 0.660. The molecule has 0 saturated heterocycles. The van der Waals surface area contributed by atoms with Crippen LogP contribution >= 0.6 is 0 Å². The molecule has 1 unspecified atom stereocenters. The summed E-state index contributed by atoms with van der Waals surface area (Å²) in [5.41, 5.74) is 8.70. The highest BCUT2D eigenvalue weighted by Gasteiger charge is 2.26. The molecule has 1 aliphatic rings. The molecule has 2 aromatic carbocycles. The molecule has 3 aromatic rings. The first-order chi connectivity index (χ1) is 12.0. The van der Waals surface area contributed by atoms with E-state index >= 15 is 0 Å². The molecule has 1 atom stereocenters. The first-order valence-electron chi connectivity index (χ1n) is 9.36. The van der Waals surface area contributed by atoms with E-state index in [0.29, 0.717) is 6.04 Å². The monoisotopic (exact) mass is 332 g/mol. The Morgan fingerprint density at radius 3 is 2.68 bits per heavy atom. The van der Waals surface area contributed by atoms with Gasteiger partial charge in [-0.2, -0.15) is 0 Å². The molecule has 0 bridgehead atoms. The van der Waals surface area contributed by atoms with Gasteiger partial charge in [-0.1, -0.05) is 42.0 Å². The van der Waals surface area contributed by atoms with E-state index in [0.717, 1.165) is 6.54 Å². The zero-order chi connectivity index (χ0) is 17.6. The summed E-state index contributed by atoms with van der Waals surface area (Å²) in [6, 6.07) is 16.4. The second-order valence-corrected chi connectivity index (χ2v) is 7.82. The van der Waals surface area contributed by atoms with Crippen molar-refractivity contribution in [2.45, 2.75) is 45.7 Å². The molecular weight excluding hydrogens is 304 g/mol. The van der Waals surface area contributed by atoms with E-state index < -0.39 is 0 Å². The van der Waals surface area contributed by atoms with Crippen molar-refractivity contribution in [3.05, 3.63) is 70.4 Å². The topological polar surface area (TPSA) is 8.17 Å². The third-order valence-corrected chi connectivity index (χ3v) is 5.91. The summed E-state index contributed by atoms with van der Waals surface area (Å²) in [5.74, 6) is 0. The van der Waals surface area contributed by atoms with Crippen molar-refractivity contribution in [1.29, 1.82) is 0 Å². The van der Waals surface area contributed by atoms with Gasteiger partial charge in [0.05, 0.1) is 0 Å². The maximum Gasteiger partial charge on any atom is 0.0488 e. The zero-order valence-electron chi connectivity index (χ0n) is 15.8. The second-order valence-electron chi connectivity index (χ2n) is 7.82. The van der Waals surface area contributed by atoms with Crippen LogP contribution in [0.15, 0.2) is 42.5 Å². The fourth-order valence-corrected chi connectivity index (χ4v) is 4.34. The SMILES string of the molecule is Cc1ccc(C)c(Cn2c3c(c4ccccc42)CC(N(C)C)CC3)c1. The number of likely N-dealkylation sites (N-methyl/N-ethyl adjacent to an activating group) is 1. The maximum atomic E-state index is 2.58. The first-order valence-corrected chi connectivity index (χ1v) is 9.36. The highest BCUT2D eigenvalue weighted by atomic mass is 15.1. The molecule has 130 valence electrons. The van der Waals surface area contributed by atoms with Crippen LogP contribution in [-0.2, 0) is 19.4 Å². The summed E-state index contributed by atoms with van der Waals surface area (Å²) in [4.78, 5) is 2.39. The molecule has 0 spiro atoms. The van der Waals surface area contributed by atoms with Gasteiger partial charge in [-0.25, -0.2) is 0 Å². The van der Waals surface area contributed by atoms with Crippen molar-refractivity contribution in [2.24, 2.45) is 0 Å². The molecule has 0 N–H and O–H groups in total. The largest absolute Gasteiger partial charge is 0.340 e. The smallest absolute Gasteiger partial charge is 0.0488 e. The highest BCUT2D eigenvalue weighted by Crippen LogP contribution is 2.34. The predicted molar refractivity (Wildman–Crippen MR) is 106 cm³/mol. The number of aryl methyl sites for hydroxylation is 2. The van der Waals surface area contributed by atoms with E-state index in [4.69, 9.17) is 0 Å². The fraction of sp³-hybridized carbons (Fsp3) is 0.391. The third kappa shape index (κ3) is 2.89. The molecule has 0 saturated carbocycles. The Kier molecular flexibility index (Phi) is 4.16. The molecule has 0 amide bonds. The van der Waals surface area contributed by atoms with Crippen molar-refractivity contribution in [3.8, 4) is 0 Å².